The number of ether oxygens (including phenoxy) is 3. The monoisotopic (exact) mass is 577 g/mol. The number of benzene rings is 3. The standard InChI is InChI=1S/C34H37ClFNO4/c1-23(21-41-22-24-10-12-28(39-2)13-11-24)18-25-20-34(32(38)40-3,37-27-7-4-6-26(35)19-27)17-16-33(25)15-14-29-30(33)8-5-9-31(29)36/h4-15,19,23,25,37H,16-18,20-22H2,1-3H3. The van der Waals surface area contributed by atoms with Gasteiger partial charge < -0.3 is 19.5 Å². The zero-order valence-corrected chi connectivity index (χ0v) is 24.5. The first-order valence-electron chi connectivity index (χ1n) is 14.1. The SMILES string of the molecule is COC(=O)C1(Nc2cccc(Cl)c2)CCC2(C=Cc3c(F)cccc32)C(CC(C)COCc2ccc(OC)cc2)C1. The van der Waals surface area contributed by atoms with Crippen molar-refractivity contribution in [3.8, 4) is 5.75 Å². The van der Waals surface area contributed by atoms with E-state index in [0.717, 1.165) is 29.0 Å². The van der Waals surface area contributed by atoms with Crippen LogP contribution in [-0.2, 0) is 26.3 Å². The molecule has 1 saturated carbocycles. The number of hydrogen-bond donors (Lipinski definition) is 1. The van der Waals surface area contributed by atoms with Crippen molar-refractivity contribution in [1.82, 2.24) is 0 Å². The molecule has 3 aromatic rings. The van der Waals surface area contributed by atoms with Crippen molar-refractivity contribution in [2.24, 2.45) is 11.8 Å². The molecule has 4 unspecified atom stereocenters. The molecule has 1 spiro atoms. The maximum Gasteiger partial charge on any atom is 0.331 e. The van der Waals surface area contributed by atoms with Gasteiger partial charge in [0, 0.05) is 28.3 Å². The number of carbonyl (C=O) groups is 1. The summed E-state index contributed by atoms with van der Waals surface area (Å²) in [6.45, 7) is 3.23. The summed E-state index contributed by atoms with van der Waals surface area (Å²) in [5.74, 6) is 0.516. The van der Waals surface area contributed by atoms with E-state index in [1.165, 1.54) is 13.2 Å². The highest BCUT2D eigenvalue weighted by atomic mass is 35.5. The fraction of sp³-hybridized carbons (Fsp3) is 0.382. The van der Waals surface area contributed by atoms with Gasteiger partial charge in [0.25, 0.3) is 0 Å². The molecule has 0 saturated heterocycles. The molecule has 41 heavy (non-hydrogen) atoms. The molecule has 7 heteroatoms. The molecule has 5 rings (SSSR count). The molecule has 2 aliphatic carbocycles. The summed E-state index contributed by atoms with van der Waals surface area (Å²) in [6.07, 6.45) is 6.60. The molecule has 216 valence electrons. The van der Waals surface area contributed by atoms with Crippen molar-refractivity contribution in [2.45, 2.75) is 50.2 Å². The van der Waals surface area contributed by atoms with Crippen LogP contribution in [0.15, 0.2) is 72.8 Å². The predicted molar refractivity (Wildman–Crippen MR) is 161 cm³/mol. The Kier molecular flexibility index (Phi) is 8.71. The Hall–Kier alpha value is -3.35. The Labute approximate surface area is 246 Å². The van der Waals surface area contributed by atoms with Gasteiger partial charge in [-0.25, -0.2) is 9.18 Å². The molecule has 0 aromatic heterocycles. The molecular formula is C34H37ClFNO4. The fourth-order valence-electron chi connectivity index (χ4n) is 6.67. The summed E-state index contributed by atoms with van der Waals surface area (Å²) in [6, 6.07) is 20.6. The molecule has 4 atom stereocenters. The summed E-state index contributed by atoms with van der Waals surface area (Å²) in [4.78, 5) is 13.5. The lowest BCUT2D eigenvalue weighted by Crippen LogP contribution is -2.56. The molecule has 0 radical (unpaired) electrons. The van der Waals surface area contributed by atoms with Gasteiger partial charge in [0.15, 0.2) is 0 Å². The van der Waals surface area contributed by atoms with E-state index in [0.29, 0.717) is 43.1 Å². The minimum Gasteiger partial charge on any atom is -0.497 e. The number of allylic oxidation sites excluding steroid dienone is 1. The summed E-state index contributed by atoms with van der Waals surface area (Å²) in [5.41, 5.74) is 2.16. The topological polar surface area (TPSA) is 56.8 Å². The van der Waals surface area contributed by atoms with Crippen LogP contribution in [0.3, 0.4) is 0 Å². The number of hydrogen-bond acceptors (Lipinski definition) is 5. The first-order valence-corrected chi connectivity index (χ1v) is 14.5. The number of fused-ring (bicyclic) bond motifs is 2. The second kappa shape index (κ2) is 12.3. The minimum atomic E-state index is -0.942. The third-order valence-corrected chi connectivity index (χ3v) is 8.93. The molecule has 5 nitrogen and oxygen atoms in total. The van der Waals surface area contributed by atoms with Crippen LogP contribution in [0.25, 0.3) is 6.08 Å². The van der Waals surface area contributed by atoms with Crippen molar-refractivity contribution in [1.29, 1.82) is 0 Å². The van der Waals surface area contributed by atoms with Gasteiger partial charge in [-0.15, -0.1) is 0 Å². The second-order valence-electron chi connectivity index (χ2n) is 11.4. The van der Waals surface area contributed by atoms with Gasteiger partial charge in [0.1, 0.15) is 17.1 Å². The van der Waals surface area contributed by atoms with Crippen LogP contribution in [-0.4, -0.2) is 32.3 Å². The zero-order valence-electron chi connectivity index (χ0n) is 23.8. The van der Waals surface area contributed by atoms with E-state index < -0.39 is 5.54 Å². The van der Waals surface area contributed by atoms with Gasteiger partial charge >= 0.3 is 5.97 Å². The number of rotatable bonds is 10. The van der Waals surface area contributed by atoms with Crippen LogP contribution in [0, 0.1) is 17.7 Å². The van der Waals surface area contributed by atoms with E-state index in [9.17, 15) is 9.18 Å². The molecule has 2 aliphatic rings. The van der Waals surface area contributed by atoms with Crippen LogP contribution >= 0.6 is 11.6 Å². The Balaban J connectivity index is 1.40. The zero-order chi connectivity index (χ0) is 29.0. The lowest BCUT2D eigenvalue weighted by molar-refractivity contribution is -0.148. The molecule has 3 aromatic carbocycles. The maximum absolute atomic E-state index is 14.9. The third kappa shape index (κ3) is 6.00. The number of nitrogens with one attached hydrogen (secondary N) is 1. The Morgan fingerprint density at radius 1 is 1.10 bits per heavy atom. The van der Waals surface area contributed by atoms with Gasteiger partial charge in [-0.2, -0.15) is 0 Å². The van der Waals surface area contributed by atoms with E-state index in [1.54, 1.807) is 19.2 Å². The minimum absolute atomic E-state index is 0.0286. The van der Waals surface area contributed by atoms with Gasteiger partial charge in [-0.05, 0) is 85.0 Å². The van der Waals surface area contributed by atoms with Crippen molar-refractivity contribution < 1.29 is 23.4 Å². The lowest BCUT2D eigenvalue weighted by atomic mass is 9.57. The number of halogens is 2. The van der Waals surface area contributed by atoms with Crippen LogP contribution in [0.1, 0.15) is 49.3 Å². The highest BCUT2D eigenvalue weighted by molar-refractivity contribution is 6.30. The molecule has 0 heterocycles. The van der Waals surface area contributed by atoms with E-state index in [2.05, 4.69) is 18.3 Å². The van der Waals surface area contributed by atoms with E-state index in [4.69, 9.17) is 25.8 Å². The molecule has 0 aliphatic heterocycles. The van der Waals surface area contributed by atoms with Crippen molar-refractivity contribution in [3.05, 3.63) is 100 Å². The highest BCUT2D eigenvalue weighted by Crippen LogP contribution is 2.55. The predicted octanol–water partition coefficient (Wildman–Crippen LogP) is 7.82. The summed E-state index contributed by atoms with van der Waals surface area (Å²) in [7, 11) is 3.08. The Morgan fingerprint density at radius 3 is 2.61 bits per heavy atom. The molecule has 0 bridgehead atoms. The summed E-state index contributed by atoms with van der Waals surface area (Å²) in [5, 5.41) is 4.09. The van der Waals surface area contributed by atoms with Gasteiger partial charge in [-0.1, -0.05) is 61.0 Å². The van der Waals surface area contributed by atoms with Gasteiger partial charge in [0.2, 0.25) is 0 Å². The smallest absolute Gasteiger partial charge is 0.331 e. The van der Waals surface area contributed by atoms with Crippen LogP contribution < -0.4 is 10.1 Å². The number of carbonyl (C=O) groups excluding carboxylic acids is 1. The first kappa shape index (κ1) is 29.2. The van der Waals surface area contributed by atoms with Crippen LogP contribution in [0.5, 0.6) is 5.75 Å². The third-order valence-electron chi connectivity index (χ3n) is 8.69. The van der Waals surface area contributed by atoms with Crippen LogP contribution in [0.2, 0.25) is 5.02 Å². The number of methoxy groups -OCH3 is 2. The van der Waals surface area contributed by atoms with Crippen LogP contribution in [0.4, 0.5) is 10.1 Å². The molecule has 1 fully saturated rings. The largest absolute Gasteiger partial charge is 0.497 e. The summed E-state index contributed by atoms with van der Waals surface area (Å²) < 4.78 is 31.6. The van der Waals surface area contributed by atoms with Crippen molar-refractivity contribution in [3.63, 3.8) is 0 Å². The quantitative estimate of drug-likeness (QED) is 0.249. The van der Waals surface area contributed by atoms with Gasteiger partial charge in [0.05, 0.1) is 20.8 Å². The van der Waals surface area contributed by atoms with Crippen molar-refractivity contribution >= 4 is 29.3 Å². The second-order valence-corrected chi connectivity index (χ2v) is 11.8. The molecule has 0 amide bonds. The average molecular weight is 578 g/mol. The van der Waals surface area contributed by atoms with E-state index in [-0.39, 0.29) is 29.0 Å². The van der Waals surface area contributed by atoms with Gasteiger partial charge in [-0.3, -0.25) is 0 Å². The Bertz CT molecular complexity index is 1410. The molecule has 1 N–H and O–H groups in total. The average Bonchev–Trinajstić information content (AvgIpc) is 3.35. The molecular weight excluding hydrogens is 541 g/mol. The maximum atomic E-state index is 14.9. The fourth-order valence-corrected chi connectivity index (χ4v) is 6.86. The Morgan fingerprint density at radius 2 is 1.88 bits per heavy atom. The number of anilines is 1. The van der Waals surface area contributed by atoms with E-state index in [1.807, 2.05) is 54.6 Å². The highest BCUT2D eigenvalue weighted by Gasteiger charge is 2.54. The lowest BCUT2D eigenvalue weighted by Gasteiger charge is -2.50. The van der Waals surface area contributed by atoms with E-state index >= 15 is 0 Å². The first-order chi connectivity index (χ1) is 19.8. The summed E-state index contributed by atoms with van der Waals surface area (Å²) >= 11 is 6.28. The number of esters is 1. The van der Waals surface area contributed by atoms with Crippen molar-refractivity contribution in [2.75, 3.05) is 26.1 Å². The normalized spacial score (nSPS) is 23.7.